The Labute approximate surface area is 178 Å². The van der Waals surface area contributed by atoms with E-state index in [1.807, 2.05) is 24.3 Å². The van der Waals surface area contributed by atoms with Crippen LogP contribution >= 0.6 is 0 Å². The molecule has 1 aliphatic carbocycles. The minimum absolute atomic E-state index is 0.160. The average Bonchev–Trinajstić information content (AvgIpc) is 3.64. The number of likely N-dealkylation sites (tertiary alicyclic amines) is 1. The number of nitriles is 1. The molecule has 2 aliphatic rings. The first-order valence-electron chi connectivity index (χ1n) is 10.9. The quantitative estimate of drug-likeness (QED) is 0.694. The van der Waals surface area contributed by atoms with Crippen molar-refractivity contribution in [1.29, 1.82) is 5.26 Å². The van der Waals surface area contributed by atoms with Gasteiger partial charge in [0.2, 0.25) is 0 Å². The number of benzene rings is 2. The van der Waals surface area contributed by atoms with Crippen molar-refractivity contribution in [3.05, 3.63) is 65.2 Å². The molecule has 2 fully saturated rings. The van der Waals surface area contributed by atoms with E-state index < -0.39 is 0 Å². The van der Waals surface area contributed by atoms with Gasteiger partial charge in [0.15, 0.2) is 0 Å². The van der Waals surface area contributed by atoms with Gasteiger partial charge in [-0.05, 0) is 74.2 Å². The minimum atomic E-state index is 0.160. The largest absolute Gasteiger partial charge is 0.489 e. The van der Waals surface area contributed by atoms with E-state index in [2.05, 4.69) is 22.8 Å². The lowest BCUT2D eigenvalue weighted by Gasteiger charge is -2.38. The number of piperidine rings is 1. The second kappa shape index (κ2) is 9.32. The number of carbonyl (C=O) groups excluding carboxylic acids is 1. The van der Waals surface area contributed by atoms with Crippen molar-refractivity contribution < 1.29 is 9.53 Å². The third-order valence-corrected chi connectivity index (χ3v) is 6.14. The summed E-state index contributed by atoms with van der Waals surface area (Å²) >= 11 is 0. The fourth-order valence-electron chi connectivity index (χ4n) is 4.23. The standard InChI is InChI=1S/C25H29N3O2/c1-2-27-14-12-23(13-15-27)28(22-8-9-22)25(29)21-5-3-4-20(16-21)18-30-24-10-6-19(17-26)7-11-24/h3-7,10-11,16,22-23H,2,8-9,12-15,18H2,1H3. The first kappa shape index (κ1) is 20.4. The van der Waals surface area contributed by atoms with Gasteiger partial charge in [0.05, 0.1) is 11.6 Å². The van der Waals surface area contributed by atoms with Crippen LogP contribution in [0.5, 0.6) is 5.75 Å². The van der Waals surface area contributed by atoms with Crippen LogP contribution in [-0.4, -0.2) is 47.4 Å². The lowest BCUT2D eigenvalue weighted by atomic mass is 10.0. The zero-order valence-corrected chi connectivity index (χ0v) is 17.6. The maximum atomic E-state index is 13.4. The SMILES string of the molecule is CCN1CCC(N(C(=O)c2cccc(COc3ccc(C#N)cc3)c2)C2CC2)CC1. The minimum Gasteiger partial charge on any atom is -0.489 e. The molecule has 0 radical (unpaired) electrons. The Bertz CT molecular complexity index is 907. The molecule has 30 heavy (non-hydrogen) atoms. The van der Waals surface area contributed by atoms with Crippen molar-refractivity contribution in [2.45, 2.75) is 51.3 Å². The van der Waals surface area contributed by atoms with E-state index in [9.17, 15) is 4.79 Å². The molecule has 1 aliphatic heterocycles. The van der Waals surface area contributed by atoms with Crippen LogP contribution in [0, 0.1) is 11.3 Å². The van der Waals surface area contributed by atoms with Gasteiger partial charge in [-0.3, -0.25) is 4.79 Å². The highest BCUT2D eigenvalue weighted by atomic mass is 16.5. The van der Waals surface area contributed by atoms with Crippen molar-refractivity contribution >= 4 is 5.91 Å². The second-order valence-corrected chi connectivity index (χ2v) is 8.23. The summed E-state index contributed by atoms with van der Waals surface area (Å²) in [5.74, 6) is 0.876. The van der Waals surface area contributed by atoms with Gasteiger partial charge in [0.1, 0.15) is 12.4 Å². The maximum absolute atomic E-state index is 13.4. The van der Waals surface area contributed by atoms with E-state index in [0.29, 0.717) is 30.0 Å². The molecular formula is C25H29N3O2. The molecule has 0 bridgehead atoms. The van der Waals surface area contributed by atoms with Gasteiger partial charge < -0.3 is 14.5 Å². The molecule has 1 amide bonds. The summed E-state index contributed by atoms with van der Waals surface area (Å²) in [5, 5.41) is 8.90. The Morgan fingerprint density at radius 1 is 1.10 bits per heavy atom. The molecule has 1 heterocycles. The predicted molar refractivity (Wildman–Crippen MR) is 116 cm³/mol. The fourth-order valence-corrected chi connectivity index (χ4v) is 4.23. The summed E-state index contributed by atoms with van der Waals surface area (Å²) in [6.45, 7) is 5.85. The summed E-state index contributed by atoms with van der Waals surface area (Å²) in [4.78, 5) is 18.1. The summed E-state index contributed by atoms with van der Waals surface area (Å²) < 4.78 is 5.85. The highest BCUT2D eigenvalue weighted by Gasteiger charge is 2.38. The molecule has 4 rings (SSSR count). The monoisotopic (exact) mass is 403 g/mol. The van der Waals surface area contributed by atoms with Gasteiger partial charge in [-0.15, -0.1) is 0 Å². The number of hydrogen-bond donors (Lipinski definition) is 0. The molecule has 0 spiro atoms. The van der Waals surface area contributed by atoms with E-state index in [0.717, 1.165) is 56.4 Å². The molecule has 5 nitrogen and oxygen atoms in total. The summed E-state index contributed by atoms with van der Waals surface area (Å²) in [7, 11) is 0. The normalized spacial score (nSPS) is 17.3. The number of nitrogens with zero attached hydrogens (tertiary/aromatic N) is 3. The molecule has 1 saturated heterocycles. The number of rotatable bonds is 7. The topological polar surface area (TPSA) is 56.6 Å². The van der Waals surface area contributed by atoms with Crippen molar-refractivity contribution in [2.75, 3.05) is 19.6 Å². The molecule has 0 unspecified atom stereocenters. The Morgan fingerprint density at radius 3 is 2.43 bits per heavy atom. The third-order valence-electron chi connectivity index (χ3n) is 6.14. The van der Waals surface area contributed by atoms with Crippen LogP contribution in [0.15, 0.2) is 48.5 Å². The molecular weight excluding hydrogens is 374 g/mol. The molecule has 0 N–H and O–H groups in total. The lowest BCUT2D eigenvalue weighted by Crippen LogP contribution is -2.48. The van der Waals surface area contributed by atoms with E-state index >= 15 is 0 Å². The maximum Gasteiger partial charge on any atom is 0.254 e. The number of ether oxygens (including phenoxy) is 1. The Hall–Kier alpha value is -2.84. The first-order chi connectivity index (χ1) is 14.7. The second-order valence-electron chi connectivity index (χ2n) is 8.23. The van der Waals surface area contributed by atoms with E-state index in [1.54, 1.807) is 24.3 Å². The van der Waals surface area contributed by atoms with Crippen LogP contribution in [-0.2, 0) is 6.61 Å². The molecule has 2 aromatic rings. The van der Waals surface area contributed by atoms with Crippen LogP contribution in [0.3, 0.4) is 0 Å². The van der Waals surface area contributed by atoms with Crippen LogP contribution in [0.2, 0.25) is 0 Å². The third kappa shape index (κ3) is 4.83. The van der Waals surface area contributed by atoms with Gasteiger partial charge in [-0.2, -0.15) is 5.26 Å². The summed E-state index contributed by atoms with van der Waals surface area (Å²) in [6.07, 6.45) is 4.39. The summed E-state index contributed by atoms with van der Waals surface area (Å²) in [6, 6.07) is 17.8. The Balaban J connectivity index is 1.42. The Kier molecular flexibility index (Phi) is 6.35. The smallest absolute Gasteiger partial charge is 0.254 e. The van der Waals surface area contributed by atoms with Crippen LogP contribution in [0.4, 0.5) is 0 Å². The number of amides is 1. The lowest BCUT2D eigenvalue weighted by molar-refractivity contribution is 0.0554. The zero-order chi connectivity index (χ0) is 20.9. The van der Waals surface area contributed by atoms with Gasteiger partial charge >= 0.3 is 0 Å². The average molecular weight is 404 g/mol. The molecule has 5 heteroatoms. The Morgan fingerprint density at radius 2 is 1.80 bits per heavy atom. The first-order valence-corrected chi connectivity index (χ1v) is 10.9. The van der Waals surface area contributed by atoms with Crippen molar-refractivity contribution in [3.63, 3.8) is 0 Å². The molecule has 2 aromatic carbocycles. The summed E-state index contributed by atoms with van der Waals surface area (Å²) in [5.41, 5.74) is 2.34. The highest BCUT2D eigenvalue weighted by molar-refractivity contribution is 5.95. The molecule has 0 atom stereocenters. The van der Waals surface area contributed by atoms with Crippen molar-refractivity contribution in [1.82, 2.24) is 9.80 Å². The number of carbonyl (C=O) groups is 1. The number of hydrogen-bond acceptors (Lipinski definition) is 4. The van der Waals surface area contributed by atoms with Crippen LogP contribution in [0.25, 0.3) is 0 Å². The highest BCUT2D eigenvalue weighted by Crippen LogP contribution is 2.33. The van der Waals surface area contributed by atoms with Gasteiger partial charge in [-0.1, -0.05) is 19.1 Å². The van der Waals surface area contributed by atoms with Crippen LogP contribution < -0.4 is 4.74 Å². The molecule has 156 valence electrons. The molecule has 1 saturated carbocycles. The van der Waals surface area contributed by atoms with Gasteiger partial charge in [0.25, 0.3) is 5.91 Å². The van der Waals surface area contributed by atoms with Gasteiger partial charge in [-0.25, -0.2) is 0 Å². The van der Waals surface area contributed by atoms with E-state index in [-0.39, 0.29) is 5.91 Å². The fraction of sp³-hybridized carbons (Fsp3) is 0.440. The zero-order valence-electron chi connectivity index (χ0n) is 17.6. The van der Waals surface area contributed by atoms with Crippen LogP contribution in [0.1, 0.15) is 54.1 Å². The van der Waals surface area contributed by atoms with E-state index in [4.69, 9.17) is 10.00 Å². The van der Waals surface area contributed by atoms with Gasteiger partial charge in [0, 0.05) is 30.7 Å². The molecule has 0 aromatic heterocycles. The van der Waals surface area contributed by atoms with Crippen molar-refractivity contribution in [2.24, 2.45) is 0 Å². The van der Waals surface area contributed by atoms with E-state index in [1.165, 1.54) is 0 Å². The predicted octanol–water partition coefficient (Wildman–Crippen LogP) is 4.23. The van der Waals surface area contributed by atoms with Crippen molar-refractivity contribution in [3.8, 4) is 11.8 Å².